The Bertz CT molecular complexity index is 616. The molecule has 2 rings (SSSR count). The second kappa shape index (κ2) is 4.87. The highest BCUT2D eigenvalue weighted by molar-refractivity contribution is 6.05. The number of hydrogen-bond acceptors (Lipinski definition) is 3. The number of fused-ring (bicyclic) bond motifs is 1. The fraction of sp³-hybridized carbons (Fsp3) is 0.143. The van der Waals surface area contributed by atoms with Gasteiger partial charge in [-0.2, -0.15) is 0 Å². The summed E-state index contributed by atoms with van der Waals surface area (Å²) in [6.07, 6.45) is 0.136. The fourth-order valence-corrected chi connectivity index (χ4v) is 1.93. The van der Waals surface area contributed by atoms with E-state index in [0.717, 1.165) is 10.9 Å². The molecule has 0 saturated heterocycles. The van der Waals surface area contributed by atoms with E-state index >= 15 is 0 Å². The molecule has 0 heterocycles. The molecule has 0 atom stereocenters. The van der Waals surface area contributed by atoms with Crippen molar-refractivity contribution >= 4 is 22.7 Å². The standard InChI is InChI=1S/C14H12O4/c1-18-13(15)8-9-6-7-12(14(16)17)11-5-3-2-4-10(9)11/h2-7H,8H2,1H3,(H,16,17). The van der Waals surface area contributed by atoms with E-state index in [-0.39, 0.29) is 18.0 Å². The Morgan fingerprint density at radius 3 is 2.39 bits per heavy atom. The Hall–Kier alpha value is -2.36. The fourth-order valence-electron chi connectivity index (χ4n) is 1.93. The molecule has 0 aliphatic rings. The van der Waals surface area contributed by atoms with Crippen LogP contribution < -0.4 is 0 Å². The van der Waals surface area contributed by atoms with Gasteiger partial charge in [0.05, 0.1) is 19.1 Å². The van der Waals surface area contributed by atoms with Gasteiger partial charge in [0.1, 0.15) is 0 Å². The number of aromatic carboxylic acids is 1. The molecule has 4 heteroatoms. The average Bonchev–Trinajstić information content (AvgIpc) is 2.38. The van der Waals surface area contributed by atoms with Crippen molar-refractivity contribution < 1.29 is 19.4 Å². The molecule has 0 spiro atoms. The highest BCUT2D eigenvalue weighted by Crippen LogP contribution is 2.23. The van der Waals surface area contributed by atoms with Gasteiger partial charge in [-0.15, -0.1) is 0 Å². The number of carbonyl (C=O) groups is 2. The van der Waals surface area contributed by atoms with Gasteiger partial charge in [0, 0.05) is 0 Å². The van der Waals surface area contributed by atoms with Crippen LogP contribution in [0.1, 0.15) is 15.9 Å². The van der Waals surface area contributed by atoms with Crippen molar-refractivity contribution in [2.24, 2.45) is 0 Å². The van der Waals surface area contributed by atoms with Crippen molar-refractivity contribution in [2.75, 3.05) is 7.11 Å². The maximum Gasteiger partial charge on any atom is 0.336 e. The topological polar surface area (TPSA) is 63.6 Å². The third kappa shape index (κ3) is 2.18. The number of esters is 1. The van der Waals surface area contributed by atoms with Crippen LogP contribution in [0.4, 0.5) is 0 Å². The maximum absolute atomic E-state index is 11.3. The molecule has 4 nitrogen and oxygen atoms in total. The number of ether oxygens (including phenoxy) is 1. The van der Waals surface area contributed by atoms with Crippen LogP contribution in [0, 0.1) is 0 Å². The van der Waals surface area contributed by atoms with E-state index in [1.807, 2.05) is 6.07 Å². The largest absolute Gasteiger partial charge is 0.478 e. The number of carbonyl (C=O) groups excluding carboxylic acids is 1. The van der Waals surface area contributed by atoms with E-state index in [0.29, 0.717) is 5.39 Å². The molecule has 0 amide bonds. The van der Waals surface area contributed by atoms with E-state index in [1.165, 1.54) is 13.2 Å². The van der Waals surface area contributed by atoms with Gasteiger partial charge in [-0.05, 0) is 22.4 Å². The van der Waals surface area contributed by atoms with Crippen molar-refractivity contribution in [3.63, 3.8) is 0 Å². The highest BCUT2D eigenvalue weighted by Gasteiger charge is 2.12. The zero-order valence-electron chi connectivity index (χ0n) is 9.84. The number of rotatable bonds is 3. The predicted octanol–water partition coefficient (Wildman–Crippen LogP) is 2.25. The lowest BCUT2D eigenvalue weighted by Gasteiger charge is -2.08. The molecule has 1 N–H and O–H groups in total. The number of carboxylic acid groups (broad SMARTS) is 1. The summed E-state index contributed by atoms with van der Waals surface area (Å²) in [6, 6.07) is 10.3. The molecule has 0 aliphatic carbocycles. The molecule has 0 bridgehead atoms. The lowest BCUT2D eigenvalue weighted by atomic mass is 9.98. The summed E-state index contributed by atoms with van der Waals surface area (Å²) < 4.78 is 4.63. The SMILES string of the molecule is COC(=O)Cc1ccc(C(=O)O)c2ccccc12. The predicted molar refractivity (Wildman–Crippen MR) is 66.6 cm³/mol. The van der Waals surface area contributed by atoms with Crippen molar-refractivity contribution in [1.29, 1.82) is 0 Å². The smallest absolute Gasteiger partial charge is 0.336 e. The normalized spacial score (nSPS) is 10.3. The second-order valence-electron chi connectivity index (χ2n) is 3.88. The average molecular weight is 244 g/mol. The first-order chi connectivity index (χ1) is 8.63. The molecule has 0 aromatic heterocycles. The Kier molecular flexibility index (Phi) is 3.28. The Labute approximate surface area is 104 Å². The number of hydrogen-bond donors (Lipinski definition) is 1. The third-order valence-electron chi connectivity index (χ3n) is 2.81. The molecule has 0 unspecified atom stereocenters. The molecule has 0 fully saturated rings. The third-order valence-corrected chi connectivity index (χ3v) is 2.81. The van der Waals surface area contributed by atoms with Crippen molar-refractivity contribution in [2.45, 2.75) is 6.42 Å². The van der Waals surface area contributed by atoms with E-state index in [2.05, 4.69) is 4.74 Å². The summed E-state index contributed by atoms with van der Waals surface area (Å²) in [5.74, 6) is -1.32. The molecule has 2 aromatic carbocycles. The Morgan fingerprint density at radius 2 is 1.78 bits per heavy atom. The number of methoxy groups -OCH3 is 1. The number of benzene rings is 2. The first kappa shape index (κ1) is 12.1. The molecular formula is C14H12O4. The van der Waals surface area contributed by atoms with Gasteiger partial charge in [0.2, 0.25) is 0 Å². The summed E-state index contributed by atoms with van der Waals surface area (Å²) in [6.45, 7) is 0. The van der Waals surface area contributed by atoms with Gasteiger partial charge < -0.3 is 9.84 Å². The number of carboxylic acids is 1. The van der Waals surface area contributed by atoms with Crippen LogP contribution in [-0.2, 0) is 16.0 Å². The summed E-state index contributed by atoms with van der Waals surface area (Å²) in [5, 5.41) is 10.5. The summed E-state index contributed by atoms with van der Waals surface area (Å²) in [4.78, 5) is 22.4. The van der Waals surface area contributed by atoms with Crippen LogP contribution in [0.2, 0.25) is 0 Å². The van der Waals surface area contributed by atoms with Gasteiger partial charge in [-0.3, -0.25) is 4.79 Å². The van der Waals surface area contributed by atoms with Gasteiger partial charge in [-0.1, -0.05) is 30.3 Å². The van der Waals surface area contributed by atoms with Gasteiger partial charge in [0.15, 0.2) is 0 Å². The van der Waals surface area contributed by atoms with Crippen LogP contribution in [0.15, 0.2) is 36.4 Å². The molecule has 18 heavy (non-hydrogen) atoms. The van der Waals surface area contributed by atoms with Gasteiger partial charge in [0.25, 0.3) is 0 Å². The van der Waals surface area contributed by atoms with Crippen LogP contribution >= 0.6 is 0 Å². The van der Waals surface area contributed by atoms with Crippen LogP contribution in [0.5, 0.6) is 0 Å². The minimum Gasteiger partial charge on any atom is -0.478 e. The minimum atomic E-state index is -0.976. The molecular weight excluding hydrogens is 232 g/mol. The van der Waals surface area contributed by atoms with Crippen LogP contribution in [-0.4, -0.2) is 24.2 Å². The quantitative estimate of drug-likeness (QED) is 0.841. The first-order valence-electron chi connectivity index (χ1n) is 5.44. The molecule has 2 aromatic rings. The molecule has 0 radical (unpaired) electrons. The zero-order chi connectivity index (χ0) is 13.1. The highest BCUT2D eigenvalue weighted by atomic mass is 16.5. The summed E-state index contributed by atoms with van der Waals surface area (Å²) in [7, 11) is 1.33. The monoisotopic (exact) mass is 244 g/mol. The van der Waals surface area contributed by atoms with Crippen LogP contribution in [0.3, 0.4) is 0 Å². The lowest BCUT2D eigenvalue weighted by molar-refractivity contribution is -0.139. The molecule has 0 saturated carbocycles. The Morgan fingerprint density at radius 1 is 1.11 bits per heavy atom. The van der Waals surface area contributed by atoms with E-state index < -0.39 is 5.97 Å². The second-order valence-corrected chi connectivity index (χ2v) is 3.88. The van der Waals surface area contributed by atoms with Crippen molar-refractivity contribution in [3.8, 4) is 0 Å². The van der Waals surface area contributed by atoms with Crippen molar-refractivity contribution in [3.05, 3.63) is 47.5 Å². The van der Waals surface area contributed by atoms with Crippen LogP contribution in [0.25, 0.3) is 10.8 Å². The van der Waals surface area contributed by atoms with E-state index in [1.54, 1.807) is 24.3 Å². The van der Waals surface area contributed by atoms with E-state index in [9.17, 15) is 9.59 Å². The van der Waals surface area contributed by atoms with Gasteiger partial charge >= 0.3 is 11.9 Å². The van der Waals surface area contributed by atoms with Crippen molar-refractivity contribution in [1.82, 2.24) is 0 Å². The molecule has 92 valence electrons. The van der Waals surface area contributed by atoms with Gasteiger partial charge in [-0.25, -0.2) is 4.79 Å². The first-order valence-corrected chi connectivity index (χ1v) is 5.44. The molecule has 0 aliphatic heterocycles. The summed E-state index contributed by atoms with van der Waals surface area (Å²) >= 11 is 0. The zero-order valence-corrected chi connectivity index (χ0v) is 9.84. The lowest BCUT2D eigenvalue weighted by Crippen LogP contribution is -2.06. The minimum absolute atomic E-state index is 0.136. The summed E-state index contributed by atoms with van der Waals surface area (Å²) in [5.41, 5.74) is 1.00. The van der Waals surface area contributed by atoms with E-state index in [4.69, 9.17) is 5.11 Å². The Balaban J connectivity index is 2.61. The maximum atomic E-state index is 11.3.